The van der Waals surface area contributed by atoms with Gasteiger partial charge in [0.15, 0.2) is 0 Å². The molecule has 2 unspecified atom stereocenters. The zero-order chi connectivity index (χ0) is 13.4. The average molecular weight is 270 g/mol. The second kappa shape index (κ2) is 5.31. The van der Waals surface area contributed by atoms with Crippen molar-refractivity contribution in [3.63, 3.8) is 0 Å². The van der Waals surface area contributed by atoms with E-state index in [1.54, 1.807) is 0 Å². The molecule has 4 rings (SSSR count). The average Bonchev–Trinajstić information content (AvgIpc) is 2.54. The molecular formula is C18H26N2. The second-order valence-corrected chi connectivity index (χ2v) is 6.82. The molecule has 20 heavy (non-hydrogen) atoms. The summed E-state index contributed by atoms with van der Waals surface area (Å²) in [5.74, 6) is 0.960. The number of nitrogens with one attached hydrogen (secondary N) is 1. The molecule has 2 atom stereocenters. The molecule has 0 amide bonds. The van der Waals surface area contributed by atoms with Crippen molar-refractivity contribution in [1.82, 2.24) is 0 Å². The molecule has 108 valence electrons. The first kappa shape index (κ1) is 12.6. The van der Waals surface area contributed by atoms with Crippen molar-refractivity contribution in [3.05, 3.63) is 23.8 Å². The monoisotopic (exact) mass is 270 g/mol. The molecular weight excluding hydrogens is 244 g/mol. The Morgan fingerprint density at radius 3 is 2.90 bits per heavy atom. The quantitative estimate of drug-likeness (QED) is 0.822. The number of hydrogen-bond donors (Lipinski definition) is 1. The minimum Gasteiger partial charge on any atom is -0.385 e. The molecule has 0 bridgehead atoms. The third-order valence-electron chi connectivity index (χ3n) is 5.61. The standard InChI is InChI=1S/C18H26N2/c1-2-8-18-15(5-1)7-4-12-20(18)16-10-9-14-6-3-11-19-17(14)13-16/h9-10,13,15,18-19H,1-8,11-12H2. The molecule has 2 nitrogen and oxygen atoms in total. The fraction of sp³-hybridized carbons (Fsp3) is 0.667. The summed E-state index contributed by atoms with van der Waals surface area (Å²) < 4.78 is 0. The minimum atomic E-state index is 0.819. The zero-order valence-electron chi connectivity index (χ0n) is 12.4. The lowest BCUT2D eigenvalue weighted by Gasteiger charge is -2.45. The van der Waals surface area contributed by atoms with Gasteiger partial charge in [0.25, 0.3) is 0 Å². The van der Waals surface area contributed by atoms with Crippen molar-refractivity contribution >= 4 is 11.4 Å². The minimum absolute atomic E-state index is 0.819. The van der Waals surface area contributed by atoms with Gasteiger partial charge in [0.05, 0.1) is 0 Å². The normalized spacial score (nSPS) is 29.3. The van der Waals surface area contributed by atoms with E-state index in [9.17, 15) is 0 Å². The highest BCUT2D eigenvalue weighted by Crippen LogP contribution is 2.39. The zero-order valence-corrected chi connectivity index (χ0v) is 12.4. The van der Waals surface area contributed by atoms with Crippen LogP contribution in [0.2, 0.25) is 0 Å². The van der Waals surface area contributed by atoms with Crippen molar-refractivity contribution in [2.24, 2.45) is 5.92 Å². The molecule has 2 heterocycles. The Labute approximate surface area is 122 Å². The van der Waals surface area contributed by atoms with Crippen LogP contribution in [-0.4, -0.2) is 19.1 Å². The van der Waals surface area contributed by atoms with Crippen LogP contribution >= 0.6 is 0 Å². The van der Waals surface area contributed by atoms with Gasteiger partial charge in [-0.15, -0.1) is 0 Å². The third-order valence-corrected chi connectivity index (χ3v) is 5.61. The lowest BCUT2D eigenvalue weighted by atomic mass is 9.78. The number of nitrogens with zero attached hydrogens (tertiary/aromatic N) is 1. The number of benzene rings is 1. The summed E-state index contributed by atoms with van der Waals surface area (Å²) in [7, 11) is 0. The van der Waals surface area contributed by atoms with Crippen molar-refractivity contribution < 1.29 is 0 Å². The molecule has 1 saturated heterocycles. The first-order valence-corrected chi connectivity index (χ1v) is 8.55. The summed E-state index contributed by atoms with van der Waals surface area (Å²) in [5, 5.41) is 3.59. The Balaban J connectivity index is 1.62. The van der Waals surface area contributed by atoms with Gasteiger partial charge in [0.1, 0.15) is 0 Å². The third kappa shape index (κ3) is 2.19. The Morgan fingerprint density at radius 1 is 1.00 bits per heavy atom. The lowest BCUT2D eigenvalue weighted by molar-refractivity contribution is 0.244. The van der Waals surface area contributed by atoms with Crippen LogP contribution in [0.4, 0.5) is 11.4 Å². The first-order valence-electron chi connectivity index (χ1n) is 8.55. The molecule has 2 fully saturated rings. The lowest BCUT2D eigenvalue weighted by Crippen LogP contribution is -2.46. The molecule has 1 aliphatic carbocycles. The highest BCUT2D eigenvalue weighted by Gasteiger charge is 2.33. The van der Waals surface area contributed by atoms with Crippen molar-refractivity contribution in [1.29, 1.82) is 0 Å². The SMILES string of the molecule is c1cc2c(cc1N1CCCC3CCCCC31)NCCC2. The van der Waals surface area contributed by atoms with E-state index in [1.165, 1.54) is 74.8 Å². The predicted molar refractivity (Wildman–Crippen MR) is 85.6 cm³/mol. The van der Waals surface area contributed by atoms with Crippen molar-refractivity contribution in [2.75, 3.05) is 23.3 Å². The van der Waals surface area contributed by atoms with E-state index >= 15 is 0 Å². The highest BCUT2D eigenvalue weighted by atomic mass is 15.2. The van der Waals surface area contributed by atoms with Gasteiger partial charge in [0, 0.05) is 30.5 Å². The Morgan fingerprint density at radius 2 is 1.90 bits per heavy atom. The van der Waals surface area contributed by atoms with Crippen LogP contribution in [0.5, 0.6) is 0 Å². The molecule has 3 aliphatic rings. The Kier molecular flexibility index (Phi) is 3.33. The van der Waals surface area contributed by atoms with Gasteiger partial charge in [-0.2, -0.15) is 0 Å². The molecule has 2 heteroatoms. The van der Waals surface area contributed by atoms with Crippen molar-refractivity contribution in [3.8, 4) is 0 Å². The smallest absolute Gasteiger partial charge is 0.0393 e. The van der Waals surface area contributed by atoms with Crippen molar-refractivity contribution in [2.45, 2.75) is 57.4 Å². The van der Waals surface area contributed by atoms with E-state index in [0.717, 1.165) is 18.5 Å². The van der Waals surface area contributed by atoms with Crippen LogP contribution < -0.4 is 10.2 Å². The summed E-state index contributed by atoms with van der Waals surface area (Å²) in [4.78, 5) is 2.73. The molecule has 2 aliphatic heterocycles. The van der Waals surface area contributed by atoms with Gasteiger partial charge in [0.2, 0.25) is 0 Å². The maximum absolute atomic E-state index is 3.59. The maximum atomic E-state index is 3.59. The van der Waals surface area contributed by atoms with E-state index in [-0.39, 0.29) is 0 Å². The number of fused-ring (bicyclic) bond motifs is 2. The summed E-state index contributed by atoms with van der Waals surface area (Å²) in [6, 6.07) is 7.98. The van der Waals surface area contributed by atoms with E-state index in [0.29, 0.717) is 0 Å². The fourth-order valence-corrected chi connectivity index (χ4v) is 4.57. The molecule has 0 radical (unpaired) electrons. The first-order chi connectivity index (χ1) is 9.92. The van der Waals surface area contributed by atoms with Gasteiger partial charge < -0.3 is 10.2 Å². The van der Waals surface area contributed by atoms with Gasteiger partial charge >= 0.3 is 0 Å². The number of anilines is 2. The molecule has 1 aromatic carbocycles. The van der Waals surface area contributed by atoms with E-state index in [1.807, 2.05) is 0 Å². The highest BCUT2D eigenvalue weighted by molar-refractivity contribution is 5.64. The topological polar surface area (TPSA) is 15.3 Å². The second-order valence-electron chi connectivity index (χ2n) is 6.82. The van der Waals surface area contributed by atoms with E-state index < -0.39 is 0 Å². The van der Waals surface area contributed by atoms with Crippen LogP contribution in [0.3, 0.4) is 0 Å². The van der Waals surface area contributed by atoms with Gasteiger partial charge in [-0.1, -0.05) is 18.9 Å². The largest absolute Gasteiger partial charge is 0.385 e. The molecule has 1 saturated carbocycles. The number of rotatable bonds is 1. The number of piperidine rings is 1. The Hall–Kier alpha value is -1.18. The van der Waals surface area contributed by atoms with Gasteiger partial charge in [-0.3, -0.25) is 0 Å². The van der Waals surface area contributed by atoms with Crippen LogP contribution in [0.1, 0.15) is 50.5 Å². The maximum Gasteiger partial charge on any atom is 0.0393 e. The van der Waals surface area contributed by atoms with Gasteiger partial charge in [-0.25, -0.2) is 0 Å². The Bertz CT molecular complexity index is 480. The summed E-state index contributed by atoms with van der Waals surface area (Å²) in [5.41, 5.74) is 4.37. The van der Waals surface area contributed by atoms with E-state index in [4.69, 9.17) is 0 Å². The van der Waals surface area contributed by atoms with Crippen LogP contribution in [-0.2, 0) is 6.42 Å². The fourth-order valence-electron chi connectivity index (χ4n) is 4.57. The van der Waals surface area contributed by atoms with Crippen LogP contribution in [0.25, 0.3) is 0 Å². The summed E-state index contributed by atoms with van der Waals surface area (Å²) in [6.45, 7) is 2.41. The molecule has 0 spiro atoms. The predicted octanol–water partition coefficient (Wildman–Crippen LogP) is 4.20. The molecule has 1 N–H and O–H groups in total. The van der Waals surface area contributed by atoms with Crippen LogP contribution in [0, 0.1) is 5.92 Å². The number of hydrogen-bond acceptors (Lipinski definition) is 2. The van der Waals surface area contributed by atoms with Gasteiger partial charge in [-0.05, 0) is 62.1 Å². The number of aryl methyl sites for hydroxylation is 1. The summed E-state index contributed by atoms with van der Waals surface area (Å²) >= 11 is 0. The summed E-state index contributed by atoms with van der Waals surface area (Å²) in [6.07, 6.45) is 11.1. The molecule has 0 aromatic heterocycles. The van der Waals surface area contributed by atoms with Crippen LogP contribution in [0.15, 0.2) is 18.2 Å². The molecule has 1 aromatic rings. The van der Waals surface area contributed by atoms with E-state index in [2.05, 4.69) is 28.4 Å².